The van der Waals surface area contributed by atoms with Crippen LogP contribution in [0.4, 0.5) is 0 Å². The van der Waals surface area contributed by atoms with E-state index in [4.69, 9.17) is 4.74 Å². The van der Waals surface area contributed by atoms with Gasteiger partial charge in [-0.2, -0.15) is 0 Å². The highest BCUT2D eigenvalue weighted by atomic mass is 32.2. The molecule has 5 rings (SSSR count). The second-order valence-corrected chi connectivity index (χ2v) is 12.2. The molecule has 0 aliphatic carbocycles. The molecular formula is C31H32N2O4S. The first-order valence-electron chi connectivity index (χ1n) is 12.9. The number of rotatable bonds is 7. The van der Waals surface area contributed by atoms with Gasteiger partial charge in [-0.15, -0.1) is 11.8 Å². The lowest BCUT2D eigenvalue weighted by molar-refractivity contribution is -0.150. The molecule has 6 nitrogen and oxygen atoms in total. The zero-order valence-electron chi connectivity index (χ0n) is 21.6. The molecule has 2 aliphatic heterocycles. The smallest absolute Gasteiger partial charge is 0.325 e. The van der Waals surface area contributed by atoms with Crippen molar-refractivity contribution in [2.75, 3.05) is 6.54 Å². The minimum atomic E-state index is -0.598. The van der Waals surface area contributed by atoms with Crippen LogP contribution < -0.4 is 5.32 Å². The number of imide groups is 1. The number of hydrogen-bond donors (Lipinski definition) is 1. The van der Waals surface area contributed by atoms with Crippen LogP contribution in [-0.4, -0.2) is 45.4 Å². The molecule has 0 saturated carbocycles. The SMILES string of the molecule is CC1(C)S[C@H](CN2C(=O)CC(c3ccccc3)CC2=O)N[C@H]1C(=O)OC(c1ccccc1)c1ccccc1. The third kappa shape index (κ3) is 5.69. The zero-order valence-corrected chi connectivity index (χ0v) is 22.4. The monoisotopic (exact) mass is 528 g/mol. The van der Waals surface area contributed by atoms with Gasteiger partial charge in [0.25, 0.3) is 0 Å². The molecule has 2 amide bonds. The van der Waals surface area contributed by atoms with Crippen molar-refractivity contribution >= 4 is 29.5 Å². The maximum Gasteiger partial charge on any atom is 0.325 e. The van der Waals surface area contributed by atoms with Gasteiger partial charge in [0.2, 0.25) is 11.8 Å². The molecule has 196 valence electrons. The van der Waals surface area contributed by atoms with Gasteiger partial charge in [-0.25, -0.2) is 0 Å². The minimum Gasteiger partial charge on any atom is -0.451 e. The number of nitrogens with one attached hydrogen (secondary N) is 1. The van der Waals surface area contributed by atoms with Gasteiger partial charge < -0.3 is 4.74 Å². The van der Waals surface area contributed by atoms with Crippen LogP contribution in [0.2, 0.25) is 0 Å². The van der Waals surface area contributed by atoms with Gasteiger partial charge in [0.05, 0.1) is 11.9 Å². The summed E-state index contributed by atoms with van der Waals surface area (Å²) in [6.45, 7) is 4.20. The van der Waals surface area contributed by atoms with Crippen molar-refractivity contribution in [2.24, 2.45) is 0 Å². The molecule has 3 aromatic rings. The van der Waals surface area contributed by atoms with Crippen molar-refractivity contribution < 1.29 is 19.1 Å². The number of ether oxygens (including phenoxy) is 1. The van der Waals surface area contributed by atoms with Crippen LogP contribution in [-0.2, 0) is 19.1 Å². The van der Waals surface area contributed by atoms with E-state index in [9.17, 15) is 14.4 Å². The number of hydrogen-bond acceptors (Lipinski definition) is 6. The Balaban J connectivity index is 1.26. The number of piperidine rings is 1. The molecule has 2 atom stereocenters. The van der Waals surface area contributed by atoms with Crippen LogP contribution in [0.3, 0.4) is 0 Å². The van der Waals surface area contributed by atoms with Gasteiger partial charge in [-0.3, -0.25) is 24.6 Å². The Morgan fingerprint density at radius 2 is 1.39 bits per heavy atom. The molecule has 0 bridgehead atoms. The number of amides is 2. The largest absolute Gasteiger partial charge is 0.451 e. The summed E-state index contributed by atoms with van der Waals surface area (Å²) in [5.74, 6) is -0.795. The van der Waals surface area contributed by atoms with Crippen molar-refractivity contribution in [1.82, 2.24) is 10.2 Å². The van der Waals surface area contributed by atoms with E-state index in [0.29, 0.717) is 12.8 Å². The van der Waals surface area contributed by atoms with Crippen LogP contribution in [0.15, 0.2) is 91.0 Å². The minimum absolute atomic E-state index is 0.0938. The van der Waals surface area contributed by atoms with Crippen molar-refractivity contribution in [3.05, 3.63) is 108 Å². The maximum atomic E-state index is 13.5. The summed E-state index contributed by atoms with van der Waals surface area (Å²) in [4.78, 5) is 40.9. The van der Waals surface area contributed by atoms with Crippen LogP contribution >= 0.6 is 11.8 Å². The molecule has 2 fully saturated rings. The Morgan fingerprint density at radius 3 is 1.92 bits per heavy atom. The van der Waals surface area contributed by atoms with Crippen LogP contribution in [0.1, 0.15) is 55.4 Å². The molecule has 2 heterocycles. The van der Waals surface area contributed by atoms with Gasteiger partial charge in [0.15, 0.2) is 6.10 Å². The third-order valence-electron chi connectivity index (χ3n) is 7.23. The topological polar surface area (TPSA) is 75.7 Å². The maximum absolute atomic E-state index is 13.5. The fourth-order valence-electron chi connectivity index (χ4n) is 5.25. The summed E-state index contributed by atoms with van der Waals surface area (Å²) in [5.41, 5.74) is 2.80. The first-order chi connectivity index (χ1) is 18.3. The Morgan fingerprint density at radius 1 is 0.895 bits per heavy atom. The van der Waals surface area contributed by atoms with E-state index in [0.717, 1.165) is 16.7 Å². The summed E-state index contributed by atoms with van der Waals surface area (Å²) in [6.07, 6.45) is 0.0714. The quantitative estimate of drug-likeness (QED) is 0.341. The van der Waals surface area contributed by atoms with Crippen LogP contribution in [0.5, 0.6) is 0 Å². The van der Waals surface area contributed by atoms with Crippen LogP contribution in [0, 0.1) is 0 Å². The molecule has 0 radical (unpaired) electrons. The summed E-state index contributed by atoms with van der Waals surface area (Å²) >= 11 is 1.56. The molecule has 2 aliphatic rings. The number of esters is 1. The highest BCUT2D eigenvalue weighted by Gasteiger charge is 2.48. The molecule has 3 aromatic carbocycles. The van der Waals surface area contributed by atoms with E-state index < -0.39 is 16.9 Å². The normalized spacial score (nSPS) is 21.6. The molecule has 0 unspecified atom stereocenters. The fourth-order valence-corrected chi connectivity index (χ4v) is 6.71. The van der Waals surface area contributed by atoms with Gasteiger partial charge in [0, 0.05) is 23.5 Å². The third-order valence-corrected chi connectivity index (χ3v) is 8.64. The number of carbonyl (C=O) groups is 3. The molecular weight excluding hydrogens is 496 g/mol. The van der Waals surface area contributed by atoms with E-state index >= 15 is 0 Å². The summed E-state index contributed by atoms with van der Waals surface area (Å²) < 4.78 is 5.63. The van der Waals surface area contributed by atoms with E-state index in [1.807, 2.05) is 105 Å². The van der Waals surface area contributed by atoms with Gasteiger partial charge in [-0.1, -0.05) is 91.0 Å². The molecule has 0 spiro atoms. The van der Waals surface area contributed by atoms with Gasteiger partial charge in [0.1, 0.15) is 6.04 Å². The highest BCUT2D eigenvalue weighted by Crippen LogP contribution is 2.40. The highest BCUT2D eigenvalue weighted by molar-refractivity contribution is 8.01. The van der Waals surface area contributed by atoms with Crippen molar-refractivity contribution in [2.45, 2.75) is 54.9 Å². The second-order valence-electron chi connectivity index (χ2n) is 10.4. The number of benzene rings is 3. The lowest BCUT2D eigenvalue weighted by atomic mass is 9.88. The van der Waals surface area contributed by atoms with E-state index in [1.165, 1.54) is 4.90 Å². The number of carbonyl (C=O) groups excluding carboxylic acids is 3. The summed E-state index contributed by atoms with van der Waals surface area (Å²) in [5, 5.41) is 3.09. The molecule has 7 heteroatoms. The Labute approximate surface area is 227 Å². The average molecular weight is 529 g/mol. The number of nitrogens with zero attached hydrogens (tertiary/aromatic N) is 1. The van der Waals surface area contributed by atoms with Crippen LogP contribution in [0.25, 0.3) is 0 Å². The van der Waals surface area contributed by atoms with Gasteiger partial charge >= 0.3 is 5.97 Å². The fraction of sp³-hybridized carbons (Fsp3) is 0.323. The van der Waals surface area contributed by atoms with E-state index in [2.05, 4.69) is 5.32 Å². The van der Waals surface area contributed by atoms with Crippen molar-refractivity contribution in [3.8, 4) is 0 Å². The molecule has 0 aromatic heterocycles. The molecule has 38 heavy (non-hydrogen) atoms. The predicted molar refractivity (Wildman–Crippen MR) is 148 cm³/mol. The standard InChI is InChI=1S/C31H32N2O4S/c1-31(2)29(30(36)37-28(22-14-8-4-9-15-22)23-16-10-5-11-17-23)32-25(38-31)20-33-26(34)18-24(19-27(33)35)21-12-6-3-7-13-21/h3-17,24-25,28-29,32H,18-20H2,1-2H3/t25-,29+/m1/s1. The molecule has 2 saturated heterocycles. The second kappa shape index (κ2) is 11.1. The van der Waals surface area contributed by atoms with Crippen molar-refractivity contribution in [1.29, 1.82) is 0 Å². The van der Waals surface area contributed by atoms with Crippen molar-refractivity contribution in [3.63, 3.8) is 0 Å². The first-order valence-corrected chi connectivity index (χ1v) is 13.8. The predicted octanol–water partition coefficient (Wildman–Crippen LogP) is 5.06. The lowest BCUT2D eigenvalue weighted by Crippen LogP contribution is -2.50. The van der Waals surface area contributed by atoms with Gasteiger partial charge in [-0.05, 0) is 30.5 Å². The average Bonchev–Trinajstić information content (AvgIpc) is 3.24. The Hall–Kier alpha value is -3.42. The van der Waals surface area contributed by atoms with E-state index in [-0.39, 0.29) is 35.6 Å². The summed E-state index contributed by atoms with van der Waals surface area (Å²) in [7, 11) is 0. The Kier molecular flexibility index (Phi) is 7.68. The number of likely N-dealkylation sites (tertiary alicyclic amines) is 1. The summed E-state index contributed by atoms with van der Waals surface area (Å²) in [6, 6.07) is 28.5. The first kappa shape index (κ1) is 26.2. The number of thioether (sulfide) groups is 1. The zero-order chi connectivity index (χ0) is 26.7. The Bertz CT molecular complexity index is 1230. The molecule has 1 N–H and O–H groups in total. The lowest BCUT2D eigenvalue weighted by Gasteiger charge is -2.32. The van der Waals surface area contributed by atoms with E-state index in [1.54, 1.807) is 11.8 Å².